The minimum absolute atomic E-state index is 0.0717. The smallest absolute Gasteiger partial charge is 0.246 e. The van der Waals surface area contributed by atoms with E-state index in [2.05, 4.69) is 20.1 Å². The van der Waals surface area contributed by atoms with Crippen molar-refractivity contribution in [3.63, 3.8) is 0 Å². The van der Waals surface area contributed by atoms with Gasteiger partial charge in [0, 0.05) is 25.6 Å². The molecular weight excluding hydrogens is 320 g/mol. The number of hydrogen-bond acceptors (Lipinski definition) is 7. The molecule has 130 valence electrons. The fraction of sp³-hybridized carbons (Fsp3) is 0.389. The van der Waals surface area contributed by atoms with E-state index in [4.69, 9.17) is 13.6 Å². The van der Waals surface area contributed by atoms with Gasteiger partial charge in [0.25, 0.3) is 0 Å². The number of ether oxygens (including phenoxy) is 1. The first-order chi connectivity index (χ1) is 12.2. The zero-order valence-electron chi connectivity index (χ0n) is 14.3. The summed E-state index contributed by atoms with van der Waals surface area (Å²) < 4.78 is 17.4. The second kappa shape index (κ2) is 6.78. The van der Waals surface area contributed by atoms with Crippen LogP contribution in [0.3, 0.4) is 0 Å². The molecule has 3 heterocycles. The second-order valence-electron chi connectivity index (χ2n) is 6.29. The maximum absolute atomic E-state index is 5.94. The van der Waals surface area contributed by atoms with Crippen molar-refractivity contribution in [2.45, 2.75) is 32.6 Å². The van der Waals surface area contributed by atoms with Crippen LogP contribution in [0.15, 0.2) is 45.4 Å². The molecule has 0 bridgehead atoms. The Bertz CT molecular complexity index is 830. The lowest BCUT2D eigenvalue weighted by atomic mass is 10.2. The summed E-state index contributed by atoms with van der Waals surface area (Å²) in [5.41, 5.74) is 0.975. The molecule has 1 saturated heterocycles. The summed E-state index contributed by atoms with van der Waals surface area (Å²) in [5.74, 6) is 2.54. The lowest BCUT2D eigenvalue weighted by molar-refractivity contribution is -0.0929. The number of morpholine rings is 1. The van der Waals surface area contributed by atoms with E-state index >= 15 is 0 Å². The standard InChI is InChI=1S/C18H20N4O3/c1-12-9-22(11-16(23-12)18-21-20-13(2)24-18)10-15-8-19-17(25-15)14-6-4-3-5-7-14/h3-8,12,16H,9-11H2,1-2H3/t12-,16-/m1/s1. The topological polar surface area (TPSA) is 77.4 Å². The van der Waals surface area contributed by atoms with Crippen LogP contribution in [0.5, 0.6) is 0 Å². The van der Waals surface area contributed by atoms with Crippen molar-refractivity contribution >= 4 is 0 Å². The van der Waals surface area contributed by atoms with Gasteiger partial charge in [-0.2, -0.15) is 0 Å². The van der Waals surface area contributed by atoms with Gasteiger partial charge in [-0.1, -0.05) is 18.2 Å². The van der Waals surface area contributed by atoms with Gasteiger partial charge >= 0.3 is 0 Å². The van der Waals surface area contributed by atoms with Gasteiger partial charge in [-0.05, 0) is 19.1 Å². The van der Waals surface area contributed by atoms with Crippen LogP contribution in [0.2, 0.25) is 0 Å². The fourth-order valence-corrected chi connectivity index (χ4v) is 3.06. The molecule has 2 aromatic heterocycles. The lowest BCUT2D eigenvalue weighted by Crippen LogP contribution is -2.42. The highest BCUT2D eigenvalue weighted by Crippen LogP contribution is 2.26. The number of oxazole rings is 1. The van der Waals surface area contributed by atoms with Gasteiger partial charge in [0.15, 0.2) is 0 Å². The largest absolute Gasteiger partial charge is 0.440 e. The quantitative estimate of drug-likeness (QED) is 0.722. The van der Waals surface area contributed by atoms with E-state index in [0.29, 0.717) is 30.8 Å². The molecule has 0 amide bonds. The normalized spacial score (nSPS) is 21.5. The summed E-state index contributed by atoms with van der Waals surface area (Å²) in [4.78, 5) is 6.64. The van der Waals surface area contributed by atoms with Crippen LogP contribution in [-0.2, 0) is 11.3 Å². The average Bonchev–Trinajstić information content (AvgIpc) is 3.24. The summed E-state index contributed by atoms with van der Waals surface area (Å²) in [6.45, 7) is 5.97. The van der Waals surface area contributed by atoms with Crippen molar-refractivity contribution in [3.05, 3.63) is 54.1 Å². The minimum Gasteiger partial charge on any atom is -0.440 e. The number of rotatable bonds is 4. The van der Waals surface area contributed by atoms with Crippen molar-refractivity contribution in [3.8, 4) is 11.5 Å². The summed E-state index contributed by atoms with van der Waals surface area (Å²) in [6, 6.07) is 9.89. The number of benzene rings is 1. The van der Waals surface area contributed by atoms with Crippen LogP contribution < -0.4 is 0 Å². The van der Waals surface area contributed by atoms with Crippen LogP contribution in [0.25, 0.3) is 11.5 Å². The predicted molar refractivity (Wildman–Crippen MR) is 89.5 cm³/mol. The van der Waals surface area contributed by atoms with E-state index in [1.807, 2.05) is 37.3 Å². The Balaban J connectivity index is 1.46. The third-order valence-corrected chi connectivity index (χ3v) is 4.11. The molecule has 0 aliphatic carbocycles. The van der Waals surface area contributed by atoms with Gasteiger partial charge in [-0.25, -0.2) is 4.98 Å². The number of aromatic nitrogens is 3. The Morgan fingerprint density at radius 3 is 2.72 bits per heavy atom. The molecule has 4 rings (SSSR count). The summed E-state index contributed by atoms with van der Waals surface area (Å²) in [5, 5.41) is 7.97. The maximum atomic E-state index is 5.94. The highest BCUT2D eigenvalue weighted by molar-refractivity contribution is 5.52. The Morgan fingerprint density at radius 1 is 1.12 bits per heavy atom. The maximum Gasteiger partial charge on any atom is 0.246 e. The van der Waals surface area contributed by atoms with Crippen LogP contribution in [0.4, 0.5) is 0 Å². The molecule has 0 N–H and O–H groups in total. The van der Waals surface area contributed by atoms with Crippen LogP contribution in [-0.4, -0.2) is 39.3 Å². The van der Waals surface area contributed by atoms with Gasteiger partial charge in [0.1, 0.15) is 11.9 Å². The van der Waals surface area contributed by atoms with E-state index in [1.165, 1.54) is 0 Å². The fourth-order valence-electron chi connectivity index (χ4n) is 3.06. The Labute approximate surface area is 145 Å². The first-order valence-electron chi connectivity index (χ1n) is 8.35. The van der Waals surface area contributed by atoms with Gasteiger partial charge < -0.3 is 13.6 Å². The zero-order valence-corrected chi connectivity index (χ0v) is 14.3. The van der Waals surface area contributed by atoms with Gasteiger partial charge in [-0.15, -0.1) is 10.2 Å². The zero-order chi connectivity index (χ0) is 17.2. The Morgan fingerprint density at radius 2 is 1.96 bits per heavy atom. The molecule has 1 aromatic carbocycles. The van der Waals surface area contributed by atoms with Crippen LogP contribution in [0, 0.1) is 6.92 Å². The van der Waals surface area contributed by atoms with E-state index in [1.54, 1.807) is 13.1 Å². The molecule has 3 aromatic rings. The molecule has 0 spiro atoms. The number of hydrogen-bond donors (Lipinski definition) is 0. The Kier molecular flexibility index (Phi) is 4.33. The van der Waals surface area contributed by atoms with Crippen LogP contribution >= 0.6 is 0 Å². The molecule has 1 fully saturated rings. The van der Waals surface area contributed by atoms with Crippen molar-refractivity contribution in [1.82, 2.24) is 20.1 Å². The number of aryl methyl sites for hydroxylation is 1. The van der Waals surface area contributed by atoms with Crippen molar-refractivity contribution in [1.29, 1.82) is 0 Å². The summed E-state index contributed by atoms with van der Waals surface area (Å²) in [6.07, 6.45) is 1.64. The SMILES string of the molecule is Cc1nnc([C@H]2CN(Cc3cnc(-c4ccccc4)o3)C[C@@H](C)O2)o1. The molecule has 0 unspecified atom stereocenters. The monoisotopic (exact) mass is 340 g/mol. The predicted octanol–water partition coefficient (Wildman–Crippen LogP) is 3.00. The molecular formula is C18H20N4O3. The average molecular weight is 340 g/mol. The highest BCUT2D eigenvalue weighted by atomic mass is 16.5. The third-order valence-electron chi connectivity index (χ3n) is 4.11. The second-order valence-corrected chi connectivity index (χ2v) is 6.29. The van der Waals surface area contributed by atoms with Crippen LogP contribution in [0.1, 0.15) is 30.6 Å². The number of nitrogens with zero attached hydrogens (tertiary/aromatic N) is 4. The van der Waals surface area contributed by atoms with Crippen molar-refractivity contribution < 1.29 is 13.6 Å². The lowest BCUT2D eigenvalue weighted by Gasteiger charge is -2.34. The summed E-state index contributed by atoms with van der Waals surface area (Å²) >= 11 is 0. The van der Waals surface area contributed by atoms with E-state index in [-0.39, 0.29) is 12.2 Å². The van der Waals surface area contributed by atoms with E-state index in [0.717, 1.165) is 17.9 Å². The van der Waals surface area contributed by atoms with Crippen molar-refractivity contribution in [2.75, 3.05) is 13.1 Å². The highest BCUT2D eigenvalue weighted by Gasteiger charge is 2.30. The molecule has 1 aliphatic rings. The first-order valence-corrected chi connectivity index (χ1v) is 8.35. The molecule has 7 nitrogen and oxygen atoms in total. The van der Waals surface area contributed by atoms with Gasteiger partial charge in [0.2, 0.25) is 17.7 Å². The molecule has 0 radical (unpaired) electrons. The minimum atomic E-state index is -0.221. The molecule has 25 heavy (non-hydrogen) atoms. The summed E-state index contributed by atoms with van der Waals surface area (Å²) in [7, 11) is 0. The van der Waals surface area contributed by atoms with E-state index in [9.17, 15) is 0 Å². The Hall–Kier alpha value is -2.51. The van der Waals surface area contributed by atoms with Crippen molar-refractivity contribution in [2.24, 2.45) is 0 Å². The molecule has 7 heteroatoms. The molecule has 0 saturated carbocycles. The third kappa shape index (κ3) is 3.62. The van der Waals surface area contributed by atoms with E-state index < -0.39 is 0 Å². The first kappa shape index (κ1) is 16.0. The van der Waals surface area contributed by atoms with Gasteiger partial charge in [-0.3, -0.25) is 4.90 Å². The molecule has 2 atom stereocenters. The van der Waals surface area contributed by atoms with Gasteiger partial charge in [0.05, 0.1) is 18.8 Å². The molecule has 1 aliphatic heterocycles.